The highest BCUT2D eigenvalue weighted by Gasteiger charge is 2.34. The number of halogens is 3. The molecule has 0 saturated carbocycles. The summed E-state index contributed by atoms with van der Waals surface area (Å²) in [5.74, 6) is 0. The summed E-state index contributed by atoms with van der Waals surface area (Å²) in [6.45, 7) is 6.13. The SMILES string of the molecule is Cc1ccc(S(=O)(=O)NC(C)(C)C)cc1C(F)(F)F. The molecule has 0 heterocycles. The molecule has 0 unspecified atom stereocenters. The molecule has 1 rings (SSSR count). The predicted octanol–water partition coefficient (Wildman–Crippen LogP) is 3.09. The van der Waals surface area contributed by atoms with Crippen molar-refractivity contribution in [3.63, 3.8) is 0 Å². The van der Waals surface area contributed by atoms with Crippen LogP contribution in [0.15, 0.2) is 23.1 Å². The zero-order valence-electron chi connectivity index (χ0n) is 11.1. The Balaban J connectivity index is 3.31. The van der Waals surface area contributed by atoms with E-state index in [2.05, 4.69) is 4.72 Å². The lowest BCUT2D eigenvalue weighted by molar-refractivity contribution is -0.138. The van der Waals surface area contributed by atoms with Crippen molar-refractivity contribution in [3.8, 4) is 0 Å². The number of benzene rings is 1. The first kappa shape index (κ1) is 16.0. The van der Waals surface area contributed by atoms with E-state index in [1.807, 2.05) is 0 Å². The molecule has 7 heteroatoms. The largest absolute Gasteiger partial charge is 0.416 e. The van der Waals surface area contributed by atoms with Crippen LogP contribution in [-0.2, 0) is 16.2 Å². The average molecular weight is 295 g/mol. The molecule has 19 heavy (non-hydrogen) atoms. The highest BCUT2D eigenvalue weighted by atomic mass is 32.2. The fourth-order valence-corrected chi connectivity index (χ4v) is 2.98. The van der Waals surface area contributed by atoms with Gasteiger partial charge in [0.05, 0.1) is 10.5 Å². The Morgan fingerprint density at radius 1 is 1.11 bits per heavy atom. The number of hydrogen-bond acceptors (Lipinski definition) is 2. The van der Waals surface area contributed by atoms with E-state index in [-0.39, 0.29) is 10.5 Å². The third kappa shape index (κ3) is 4.21. The third-order valence-electron chi connectivity index (χ3n) is 2.27. The first-order valence-corrected chi connectivity index (χ1v) is 7.03. The maximum absolute atomic E-state index is 12.7. The van der Waals surface area contributed by atoms with Crippen molar-refractivity contribution in [2.24, 2.45) is 0 Å². The monoisotopic (exact) mass is 295 g/mol. The Labute approximate surface area is 110 Å². The minimum atomic E-state index is -4.57. The van der Waals surface area contributed by atoms with Gasteiger partial charge in [-0.1, -0.05) is 6.07 Å². The van der Waals surface area contributed by atoms with Crippen LogP contribution in [0.25, 0.3) is 0 Å². The van der Waals surface area contributed by atoms with Gasteiger partial charge in [-0.05, 0) is 45.4 Å². The van der Waals surface area contributed by atoms with E-state index in [1.165, 1.54) is 13.0 Å². The minimum Gasteiger partial charge on any atom is -0.207 e. The molecule has 0 radical (unpaired) electrons. The van der Waals surface area contributed by atoms with E-state index < -0.39 is 27.3 Å². The van der Waals surface area contributed by atoms with Gasteiger partial charge in [0.2, 0.25) is 10.0 Å². The molecule has 1 aromatic carbocycles. The summed E-state index contributed by atoms with van der Waals surface area (Å²) in [6, 6.07) is 2.97. The van der Waals surface area contributed by atoms with E-state index in [4.69, 9.17) is 0 Å². The first-order valence-electron chi connectivity index (χ1n) is 5.55. The van der Waals surface area contributed by atoms with Crippen LogP contribution in [0.1, 0.15) is 31.9 Å². The molecule has 0 aliphatic carbocycles. The summed E-state index contributed by atoms with van der Waals surface area (Å²) in [7, 11) is -3.97. The number of alkyl halides is 3. The molecule has 0 aliphatic rings. The summed E-state index contributed by atoms with van der Waals surface area (Å²) in [4.78, 5) is -0.389. The summed E-state index contributed by atoms with van der Waals surface area (Å²) >= 11 is 0. The summed E-state index contributed by atoms with van der Waals surface area (Å²) < 4.78 is 64.5. The van der Waals surface area contributed by atoms with Crippen LogP contribution in [0.2, 0.25) is 0 Å². The van der Waals surface area contributed by atoms with Crippen LogP contribution in [0.3, 0.4) is 0 Å². The standard InChI is InChI=1S/C12H16F3NO2S/c1-8-5-6-9(7-10(8)12(13,14)15)19(17,18)16-11(2,3)4/h5-7,16H,1-4H3. The van der Waals surface area contributed by atoms with Crippen molar-refractivity contribution in [2.45, 2.75) is 44.3 Å². The van der Waals surface area contributed by atoms with Crippen molar-refractivity contribution in [1.82, 2.24) is 4.72 Å². The number of rotatable bonds is 2. The zero-order chi connectivity index (χ0) is 15.1. The van der Waals surface area contributed by atoms with E-state index in [0.717, 1.165) is 6.07 Å². The van der Waals surface area contributed by atoms with Crippen LogP contribution >= 0.6 is 0 Å². The van der Waals surface area contributed by atoms with Gasteiger partial charge in [-0.25, -0.2) is 13.1 Å². The van der Waals surface area contributed by atoms with Crippen LogP contribution in [0.4, 0.5) is 13.2 Å². The van der Waals surface area contributed by atoms with Crippen molar-refractivity contribution in [1.29, 1.82) is 0 Å². The second-order valence-electron chi connectivity index (χ2n) is 5.33. The zero-order valence-corrected chi connectivity index (χ0v) is 11.9. The highest BCUT2D eigenvalue weighted by Crippen LogP contribution is 2.33. The topological polar surface area (TPSA) is 46.2 Å². The second-order valence-corrected chi connectivity index (χ2v) is 7.01. The predicted molar refractivity (Wildman–Crippen MR) is 66.3 cm³/mol. The molecular formula is C12H16F3NO2S. The quantitative estimate of drug-likeness (QED) is 0.911. The molecule has 0 aromatic heterocycles. The van der Waals surface area contributed by atoms with Gasteiger partial charge < -0.3 is 0 Å². The molecule has 0 amide bonds. The lowest BCUT2D eigenvalue weighted by atomic mass is 10.1. The fraction of sp³-hybridized carbons (Fsp3) is 0.500. The lowest BCUT2D eigenvalue weighted by Crippen LogP contribution is -2.40. The summed E-state index contributed by atoms with van der Waals surface area (Å²) in [5.41, 5.74) is -1.71. The molecule has 0 bridgehead atoms. The van der Waals surface area contributed by atoms with Gasteiger partial charge in [-0.15, -0.1) is 0 Å². The van der Waals surface area contributed by atoms with Gasteiger partial charge in [-0.3, -0.25) is 0 Å². The summed E-state index contributed by atoms with van der Waals surface area (Å²) in [5, 5.41) is 0. The van der Waals surface area contributed by atoms with Gasteiger partial charge >= 0.3 is 6.18 Å². The smallest absolute Gasteiger partial charge is 0.207 e. The molecule has 108 valence electrons. The molecule has 1 aromatic rings. The Morgan fingerprint density at radius 3 is 2.05 bits per heavy atom. The van der Waals surface area contributed by atoms with Crippen LogP contribution < -0.4 is 4.72 Å². The average Bonchev–Trinajstić information content (AvgIpc) is 2.11. The van der Waals surface area contributed by atoms with E-state index in [9.17, 15) is 21.6 Å². The van der Waals surface area contributed by atoms with Crippen LogP contribution in [-0.4, -0.2) is 14.0 Å². The van der Waals surface area contributed by atoms with E-state index >= 15 is 0 Å². The van der Waals surface area contributed by atoms with Crippen molar-refractivity contribution >= 4 is 10.0 Å². The normalized spacial score (nSPS) is 13.6. The number of nitrogens with one attached hydrogen (secondary N) is 1. The number of hydrogen-bond donors (Lipinski definition) is 1. The molecule has 1 N–H and O–H groups in total. The number of aryl methyl sites for hydroxylation is 1. The van der Waals surface area contributed by atoms with Crippen molar-refractivity contribution < 1.29 is 21.6 Å². The molecular weight excluding hydrogens is 279 g/mol. The van der Waals surface area contributed by atoms with Crippen molar-refractivity contribution in [3.05, 3.63) is 29.3 Å². The summed E-state index contributed by atoms with van der Waals surface area (Å²) in [6.07, 6.45) is -4.57. The Morgan fingerprint density at radius 2 is 1.63 bits per heavy atom. The van der Waals surface area contributed by atoms with Gasteiger partial charge in [0, 0.05) is 5.54 Å². The van der Waals surface area contributed by atoms with Crippen molar-refractivity contribution in [2.75, 3.05) is 0 Å². The molecule has 3 nitrogen and oxygen atoms in total. The molecule has 0 fully saturated rings. The van der Waals surface area contributed by atoms with Gasteiger partial charge in [0.25, 0.3) is 0 Å². The molecule has 0 aliphatic heterocycles. The minimum absolute atomic E-state index is 0.0118. The lowest BCUT2D eigenvalue weighted by Gasteiger charge is -2.21. The first-order chi connectivity index (χ1) is 8.33. The Bertz CT molecular complexity index is 572. The van der Waals surface area contributed by atoms with Gasteiger partial charge in [-0.2, -0.15) is 13.2 Å². The van der Waals surface area contributed by atoms with Crippen LogP contribution in [0, 0.1) is 6.92 Å². The van der Waals surface area contributed by atoms with Gasteiger partial charge in [0.15, 0.2) is 0 Å². The maximum Gasteiger partial charge on any atom is 0.416 e. The maximum atomic E-state index is 12.7. The van der Waals surface area contributed by atoms with E-state index in [0.29, 0.717) is 6.07 Å². The number of sulfonamides is 1. The highest BCUT2D eigenvalue weighted by molar-refractivity contribution is 7.89. The van der Waals surface area contributed by atoms with E-state index in [1.54, 1.807) is 20.8 Å². The second kappa shape index (κ2) is 4.79. The Kier molecular flexibility index (Phi) is 4.03. The van der Waals surface area contributed by atoms with Gasteiger partial charge in [0.1, 0.15) is 0 Å². The molecule has 0 saturated heterocycles. The fourth-order valence-electron chi connectivity index (χ4n) is 1.54. The third-order valence-corrected chi connectivity index (χ3v) is 4.02. The Hall–Kier alpha value is -1.08. The molecule has 0 atom stereocenters. The molecule has 0 spiro atoms. The van der Waals surface area contributed by atoms with Crippen LogP contribution in [0.5, 0.6) is 0 Å².